The Morgan fingerprint density at radius 2 is 2.16 bits per heavy atom. The maximum atomic E-state index is 11.9. The summed E-state index contributed by atoms with van der Waals surface area (Å²) in [6, 6.07) is 7.39. The zero-order chi connectivity index (χ0) is 13.8. The van der Waals surface area contributed by atoms with Crippen molar-refractivity contribution in [1.29, 1.82) is 0 Å². The number of rotatable bonds is 4. The van der Waals surface area contributed by atoms with Gasteiger partial charge in [0.25, 0.3) is 5.56 Å². The van der Waals surface area contributed by atoms with Gasteiger partial charge in [-0.2, -0.15) is 0 Å². The Morgan fingerprint density at radius 3 is 2.89 bits per heavy atom. The van der Waals surface area contributed by atoms with Crippen LogP contribution in [0.5, 0.6) is 0 Å². The van der Waals surface area contributed by atoms with Crippen molar-refractivity contribution in [2.24, 2.45) is 0 Å². The van der Waals surface area contributed by atoms with E-state index in [2.05, 4.69) is 10.3 Å². The van der Waals surface area contributed by atoms with E-state index in [4.69, 9.17) is 0 Å². The highest BCUT2D eigenvalue weighted by atomic mass is 16.2. The highest BCUT2D eigenvalue weighted by Gasteiger charge is 2.10. The van der Waals surface area contributed by atoms with Crippen LogP contribution in [0, 0.1) is 0 Å². The zero-order valence-corrected chi connectivity index (χ0v) is 11.1. The lowest BCUT2D eigenvalue weighted by atomic mass is 10.2. The first-order valence-electron chi connectivity index (χ1n) is 6.35. The molecule has 2 aromatic rings. The molecule has 1 aromatic heterocycles. The van der Waals surface area contributed by atoms with Crippen LogP contribution in [-0.2, 0) is 11.3 Å². The average Bonchev–Trinajstić information content (AvgIpc) is 2.42. The third-order valence-corrected chi connectivity index (χ3v) is 3.07. The largest absolute Gasteiger partial charge is 0.352 e. The Bertz CT molecular complexity index is 648. The van der Waals surface area contributed by atoms with Crippen molar-refractivity contribution in [3.05, 3.63) is 40.8 Å². The van der Waals surface area contributed by atoms with Gasteiger partial charge in [-0.1, -0.05) is 19.1 Å². The molecule has 0 saturated carbocycles. The Hall–Kier alpha value is -2.17. The third kappa shape index (κ3) is 2.99. The molecule has 5 nitrogen and oxygen atoms in total. The van der Waals surface area contributed by atoms with E-state index < -0.39 is 0 Å². The maximum absolute atomic E-state index is 11.9. The van der Waals surface area contributed by atoms with E-state index in [-0.39, 0.29) is 24.1 Å². The highest BCUT2D eigenvalue weighted by Crippen LogP contribution is 2.07. The first kappa shape index (κ1) is 13.3. The SMILES string of the molecule is CCC(C)NC(=O)Cn1c(=O)cnc2ccccc21. The Morgan fingerprint density at radius 1 is 1.42 bits per heavy atom. The second kappa shape index (κ2) is 5.65. The summed E-state index contributed by atoms with van der Waals surface area (Å²) in [7, 11) is 0. The van der Waals surface area contributed by atoms with Crippen molar-refractivity contribution in [3.63, 3.8) is 0 Å². The number of para-hydroxylation sites is 2. The lowest BCUT2D eigenvalue weighted by molar-refractivity contribution is -0.122. The van der Waals surface area contributed by atoms with Crippen molar-refractivity contribution in [2.45, 2.75) is 32.9 Å². The summed E-state index contributed by atoms with van der Waals surface area (Å²) in [5.41, 5.74) is 1.12. The number of carbonyl (C=O) groups is 1. The van der Waals surface area contributed by atoms with Gasteiger partial charge in [-0.25, -0.2) is 4.98 Å². The summed E-state index contributed by atoms with van der Waals surface area (Å²) < 4.78 is 1.44. The molecule has 1 atom stereocenters. The molecule has 19 heavy (non-hydrogen) atoms. The molecule has 1 unspecified atom stereocenters. The van der Waals surface area contributed by atoms with Crippen LogP contribution in [-0.4, -0.2) is 21.5 Å². The minimum absolute atomic E-state index is 0.0200. The second-order valence-electron chi connectivity index (χ2n) is 4.55. The topological polar surface area (TPSA) is 64.0 Å². The smallest absolute Gasteiger partial charge is 0.269 e. The summed E-state index contributed by atoms with van der Waals surface area (Å²) in [4.78, 5) is 27.8. The molecule has 0 aliphatic heterocycles. The van der Waals surface area contributed by atoms with Crippen LogP contribution in [0.1, 0.15) is 20.3 Å². The first-order chi connectivity index (χ1) is 9.11. The van der Waals surface area contributed by atoms with Crippen LogP contribution in [0.15, 0.2) is 35.3 Å². The summed E-state index contributed by atoms with van der Waals surface area (Å²) in [5, 5.41) is 2.85. The standard InChI is InChI=1S/C14H17N3O2/c1-3-10(2)16-13(18)9-17-12-7-5-4-6-11(12)15-8-14(17)19/h4-8,10H,3,9H2,1-2H3,(H,16,18). The van der Waals surface area contributed by atoms with Crippen LogP contribution in [0.25, 0.3) is 11.0 Å². The molecule has 100 valence electrons. The van der Waals surface area contributed by atoms with Gasteiger partial charge in [0.2, 0.25) is 5.91 Å². The van der Waals surface area contributed by atoms with Gasteiger partial charge in [0.1, 0.15) is 6.54 Å². The molecule has 0 bridgehead atoms. The van der Waals surface area contributed by atoms with Crippen LogP contribution >= 0.6 is 0 Å². The van der Waals surface area contributed by atoms with Gasteiger partial charge in [0.05, 0.1) is 17.2 Å². The molecule has 0 aliphatic carbocycles. The fourth-order valence-electron chi connectivity index (χ4n) is 1.84. The molecular formula is C14H17N3O2. The normalized spacial score (nSPS) is 12.3. The number of fused-ring (bicyclic) bond motifs is 1. The lowest BCUT2D eigenvalue weighted by Crippen LogP contribution is -2.37. The fraction of sp³-hybridized carbons (Fsp3) is 0.357. The van der Waals surface area contributed by atoms with Gasteiger partial charge in [-0.05, 0) is 25.5 Å². The molecule has 0 aliphatic rings. The number of carbonyl (C=O) groups excluding carboxylic acids is 1. The average molecular weight is 259 g/mol. The van der Waals surface area contributed by atoms with E-state index in [9.17, 15) is 9.59 Å². The summed E-state index contributed by atoms with van der Waals surface area (Å²) in [5.74, 6) is -0.159. The van der Waals surface area contributed by atoms with Crippen molar-refractivity contribution >= 4 is 16.9 Å². The molecule has 0 spiro atoms. The molecule has 0 saturated heterocycles. The number of aromatic nitrogens is 2. The predicted octanol–water partition coefficient (Wildman–Crippen LogP) is 1.31. The molecule has 2 rings (SSSR count). The number of nitrogens with one attached hydrogen (secondary N) is 1. The van der Waals surface area contributed by atoms with Gasteiger partial charge in [-0.15, -0.1) is 0 Å². The minimum Gasteiger partial charge on any atom is -0.352 e. The fourth-order valence-corrected chi connectivity index (χ4v) is 1.84. The molecule has 1 N–H and O–H groups in total. The van der Waals surface area contributed by atoms with Crippen LogP contribution in [0.3, 0.4) is 0 Å². The summed E-state index contributed by atoms with van der Waals surface area (Å²) >= 11 is 0. The van der Waals surface area contributed by atoms with Gasteiger partial charge in [0, 0.05) is 6.04 Å². The summed E-state index contributed by atoms with van der Waals surface area (Å²) in [6.45, 7) is 3.95. The zero-order valence-electron chi connectivity index (χ0n) is 11.1. The quantitative estimate of drug-likeness (QED) is 0.900. The van der Waals surface area contributed by atoms with E-state index in [1.54, 1.807) is 6.07 Å². The van der Waals surface area contributed by atoms with Crippen molar-refractivity contribution < 1.29 is 4.79 Å². The predicted molar refractivity (Wildman–Crippen MR) is 73.9 cm³/mol. The number of nitrogens with zero attached hydrogens (tertiary/aromatic N) is 2. The van der Waals surface area contributed by atoms with Crippen molar-refractivity contribution in [3.8, 4) is 0 Å². The highest BCUT2D eigenvalue weighted by molar-refractivity contribution is 5.80. The number of hydrogen-bond donors (Lipinski definition) is 1. The van der Waals surface area contributed by atoms with E-state index in [1.165, 1.54) is 10.8 Å². The van der Waals surface area contributed by atoms with Crippen LogP contribution < -0.4 is 10.9 Å². The molecule has 1 heterocycles. The Labute approximate surface area is 111 Å². The Balaban J connectivity index is 2.32. The number of amides is 1. The number of hydrogen-bond acceptors (Lipinski definition) is 3. The van der Waals surface area contributed by atoms with Crippen LogP contribution in [0.4, 0.5) is 0 Å². The van der Waals surface area contributed by atoms with Crippen LogP contribution in [0.2, 0.25) is 0 Å². The maximum Gasteiger partial charge on any atom is 0.269 e. The van der Waals surface area contributed by atoms with Gasteiger partial charge in [-0.3, -0.25) is 14.2 Å². The monoisotopic (exact) mass is 259 g/mol. The van der Waals surface area contributed by atoms with Gasteiger partial charge in [0.15, 0.2) is 0 Å². The van der Waals surface area contributed by atoms with Gasteiger partial charge < -0.3 is 5.32 Å². The molecule has 0 radical (unpaired) electrons. The molecule has 0 fully saturated rings. The third-order valence-electron chi connectivity index (χ3n) is 3.07. The second-order valence-corrected chi connectivity index (χ2v) is 4.55. The van der Waals surface area contributed by atoms with Crippen molar-refractivity contribution in [2.75, 3.05) is 0 Å². The van der Waals surface area contributed by atoms with E-state index in [0.29, 0.717) is 11.0 Å². The number of benzene rings is 1. The minimum atomic E-state index is -0.266. The van der Waals surface area contributed by atoms with E-state index >= 15 is 0 Å². The molecular weight excluding hydrogens is 242 g/mol. The molecule has 1 aromatic carbocycles. The first-order valence-corrected chi connectivity index (χ1v) is 6.35. The lowest BCUT2D eigenvalue weighted by Gasteiger charge is -2.13. The Kier molecular flexibility index (Phi) is 3.94. The van der Waals surface area contributed by atoms with E-state index in [1.807, 2.05) is 32.0 Å². The van der Waals surface area contributed by atoms with Crippen molar-refractivity contribution in [1.82, 2.24) is 14.9 Å². The summed E-state index contributed by atoms with van der Waals surface area (Å²) in [6.07, 6.45) is 2.11. The molecule has 1 amide bonds. The van der Waals surface area contributed by atoms with E-state index in [0.717, 1.165) is 6.42 Å². The van der Waals surface area contributed by atoms with Gasteiger partial charge >= 0.3 is 0 Å². The molecule has 5 heteroatoms.